The largest absolute Gasteiger partial charge is 0.469 e. The van der Waals surface area contributed by atoms with Crippen LogP contribution in [0.2, 0.25) is 0 Å². The molecule has 2 aromatic carbocycles. The zero-order valence-electron chi connectivity index (χ0n) is 12.0. The van der Waals surface area contributed by atoms with Gasteiger partial charge in [0.25, 0.3) is 0 Å². The van der Waals surface area contributed by atoms with Gasteiger partial charge in [0.2, 0.25) is 9.84 Å². The smallest absolute Gasteiger partial charge is 0.305 e. The lowest BCUT2D eigenvalue weighted by Crippen LogP contribution is -2.06. The van der Waals surface area contributed by atoms with Crippen LogP contribution in [0, 0.1) is 0 Å². The van der Waals surface area contributed by atoms with E-state index in [0.717, 1.165) is 5.56 Å². The third-order valence-electron chi connectivity index (χ3n) is 3.21. The Bertz CT molecular complexity index is 770. The van der Waals surface area contributed by atoms with E-state index in [0.29, 0.717) is 10.9 Å². The number of carbonyl (C=O) groups excluding carboxylic acids is 1. The molecule has 0 radical (unpaired) electrons. The first-order valence-corrected chi connectivity index (χ1v) is 8.89. The highest BCUT2D eigenvalue weighted by molar-refractivity contribution is 9.10. The molecule has 0 saturated carbocycles. The van der Waals surface area contributed by atoms with Gasteiger partial charge in [-0.05, 0) is 46.1 Å². The summed E-state index contributed by atoms with van der Waals surface area (Å²) in [5.74, 6) is -0.330. The van der Waals surface area contributed by atoms with Gasteiger partial charge < -0.3 is 4.74 Å². The van der Waals surface area contributed by atoms with Gasteiger partial charge >= 0.3 is 5.97 Å². The number of methoxy groups -OCH3 is 1. The van der Waals surface area contributed by atoms with Crippen molar-refractivity contribution in [3.05, 3.63) is 58.6 Å². The van der Waals surface area contributed by atoms with E-state index in [4.69, 9.17) is 0 Å². The van der Waals surface area contributed by atoms with Crippen molar-refractivity contribution in [2.75, 3.05) is 7.11 Å². The quantitative estimate of drug-likeness (QED) is 0.743. The van der Waals surface area contributed by atoms with Gasteiger partial charge in [0.1, 0.15) is 0 Å². The molecule has 0 atom stereocenters. The van der Waals surface area contributed by atoms with Crippen molar-refractivity contribution < 1.29 is 17.9 Å². The van der Waals surface area contributed by atoms with E-state index in [1.807, 2.05) is 0 Å². The first-order chi connectivity index (χ1) is 10.5. The molecule has 0 saturated heterocycles. The van der Waals surface area contributed by atoms with Gasteiger partial charge in [-0.1, -0.05) is 30.3 Å². The number of esters is 1. The van der Waals surface area contributed by atoms with E-state index >= 15 is 0 Å². The van der Waals surface area contributed by atoms with E-state index in [1.165, 1.54) is 7.11 Å². The van der Waals surface area contributed by atoms with Crippen LogP contribution in [0.3, 0.4) is 0 Å². The highest BCUT2D eigenvalue weighted by atomic mass is 79.9. The Kier molecular flexibility index (Phi) is 5.37. The van der Waals surface area contributed by atoms with Crippen LogP contribution in [0.5, 0.6) is 0 Å². The van der Waals surface area contributed by atoms with Gasteiger partial charge in [-0.15, -0.1) is 0 Å². The molecule has 2 aromatic rings. The minimum Gasteiger partial charge on any atom is -0.469 e. The fraction of sp³-hybridized carbons (Fsp3) is 0.188. The zero-order chi connectivity index (χ0) is 16.2. The topological polar surface area (TPSA) is 60.4 Å². The minimum absolute atomic E-state index is 0.195. The van der Waals surface area contributed by atoms with Gasteiger partial charge in [-0.3, -0.25) is 4.79 Å². The number of halogens is 1. The maximum absolute atomic E-state index is 12.7. The lowest BCUT2D eigenvalue weighted by molar-refractivity contribution is -0.140. The molecule has 0 aliphatic rings. The van der Waals surface area contributed by atoms with Crippen LogP contribution in [-0.2, 0) is 25.8 Å². The molecular weight excluding hydrogens is 368 g/mol. The van der Waals surface area contributed by atoms with Gasteiger partial charge in [0, 0.05) is 10.9 Å². The summed E-state index contributed by atoms with van der Waals surface area (Å²) in [6.45, 7) is 0. The maximum Gasteiger partial charge on any atom is 0.305 e. The first-order valence-electron chi connectivity index (χ1n) is 6.61. The second kappa shape index (κ2) is 7.07. The number of hydrogen-bond donors (Lipinski definition) is 0. The van der Waals surface area contributed by atoms with Crippen LogP contribution < -0.4 is 0 Å². The summed E-state index contributed by atoms with van der Waals surface area (Å²) in [5.41, 5.74) is 0.752. The average molecular weight is 383 g/mol. The maximum atomic E-state index is 12.7. The Morgan fingerprint density at radius 3 is 2.41 bits per heavy atom. The summed E-state index contributed by atoms with van der Waals surface area (Å²) in [6, 6.07) is 13.3. The molecule has 116 valence electrons. The Hall–Kier alpha value is -1.66. The Labute approximate surface area is 138 Å². The van der Waals surface area contributed by atoms with Gasteiger partial charge in [-0.25, -0.2) is 8.42 Å². The van der Waals surface area contributed by atoms with E-state index in [1.54, 1.807) is 48.5 Å². The Morgan fingerprint density at radius 1 is 1.09 bits per heavy atom. The van der Waals surface area contributed by atoms with Crippen molar-refractivity contribution in [2.24, 2.45) is 0 Å². The fourth-order valence-electron chi connectivity index (χ4n) is 2.02. The number of carbonyl (C=O) groups is 1. The van der Waals surface area contributed by atoms with Crippen LogP contribution in [0.15, 0.2) is 62.8 Å². The van der Waals surface area contributed by atoms with Gasteiger partial charge in [0.05, 0.1) is 16.9 Å². The molecule has 0 fully saturated rings. The van der Waals surface area contributed by atoms with Gasteiger partial charge in [0.15, 0.2) is 0 Å². The highest BCUT2D eigenvalue weighted by Crippen LogP contribution is 2.31. The lowest BCUT2D eigenvalue weighted by Gasteiger charge is -2.10. The minimum atomic E-state index is -3.60. The molecule has 0 aliphatic carbocycles. The zero-order valence-corrected chi connectivity index (χ0v) is 14.4. The molecule has 0 heterocycles. The number of sulfone groups is 1. The van der Waals surface area contributed by atoms with Crippen molar-refractivity contribution in [3.63, 3.8) is 0 Å². The van der Waals surface area contributed by atoms with Gasteiger partial charge in [-0.2, -0.15) is 0 Å². The number of benzene rings is 2. The SMILES string of the molecule is COC(=O)CCc1cccc(S(=O)(=O)c2ccccc2)c1Br. The molecule has 6 heteroatoms. The predicted octanol–water partition coefficient (Wildman–Crippen LogP) is 3.39. The lowest BCUT2D eigenvalue weighted by atomic mass is 10.1. The van der Waals surface area contributed by atoms with E-state index < -0.39 is 9.84 Å². The van der Waals surface area contributed by atoms with Crippen molar-refractivity contribution >= 4 is 31.7 Å². The molecule has 2 rings (SSSR count). The standard InChI is InChI=1S/C16H15BrO4S/c1-21-15(18)11-10-12-6-5-9-14(16(12)17)22(19,20)13-7-3-2-4-8-13/h2-9H,10-11H2,1H3. The number of hydrogen-bond acceptors (Lipinski definition) is 4. The van der Waals surface area contributed by atoms with Crippen molar-refractivity contribution in [1.82, 2.24) is 0 Å². The van der Waals surface area contributed by atoms with Crippen LogP contribution in [0.1, 0.15) is 12.0 Å². The Morgan fingerprint density at radius 2 is 1.77 bits per heavy atom. The van der Waals surface area contributed by atoms with E-state index in [-0.39, 0.29) is 22.2 Å². The highest BCUT2D eigenvalue weighted by Gasteiger charge is 2.21. The molecular formula is C16H15BrO4S. The molecule has 0 aromatic heterocycles. The molecule has 0 bridgehead atoms. The number of ether oxygens (including phenoxy) is 1. The number of rotatable bonds is 5. The Balaban J connectivity index is 2.39. The summed E-state index contributed by atoms with van der Waals surface area (Å²) < 4.78 is 30.5. The van der Waals surface area contributed by atoms with E-state index in [2.05, 4.69) is 20.7 Å². The second-order valence-corrected chi connectivity index (χ2v) is 7.33. The normalized spacial score (nSPS) is 11.2. The summed E-state index contributed by atoms with van der Waals surface area (Å²) in [5, 5.41) is 0. The van der Waals surface area contributed by atoms with Crippen LogP contribution in [0.25, 0.3) is 0 Å². The summed E-state index contributed by atoms with van der Waals surface area (Å²) in [6.07, 6.45) is 0.606. The summed E-state index contributed by atoms with van der Waals surface area (Å²) in [7, 11) is -2.27. The summed E-state index contributed by atoms with van der Waals surface area (Å²) in [4.78, 5) is 11.7. The summed E-state index contributed by atoms with van der Waals surface area (Å²) >= 11 is 3.36. The van der Waals surface area contributed by atoms with Crippen LogP contribution in [-0.4, -0.2) is 21.5 Å². The number of aryl methyl sites for hydroxylation is 1. The average Bonchev–Trinajstić information content (AvgIpc) is 2.54. The molecule has 0 unspecified atom stereocenters. The molecule has 0 aliphatic heterocycles. The third kappa shape index (κ3) is 3.56. The molecule has 0 spiro atoms. The molecule has 4 nitrogen and oxygen atoms in total. The van der Waals surface area contributed by atoms with Crippen molar-refractivity contribution in [2.45, 2.75) is 22.6 Å². The third-order valence-corrected chi connectivity index (χ3v) is 6.22. The van der Waals surface area contributed by atoms with Crippen molar-refractivity contribution in [3.8, 4) is 0 Å². The van der Waals surface area contributed by atoms with E-state index in [9.17, 15) is 13.2 Å². The van der Waals surface area contributed by atoms with Crippen LogP contribution >= 0.6 is 15.9 Å². The molecule has 0 N–H and O–H groups in total. The van der Waals surface area contributed by atoms with Crippen LogP contribution in [0.4, 0.5) is 0 Å². The molecule has 22 heavy (non-hydrogen) atoms. The molecule has 0 amide bonds. The monoisotopic (exact) mass is 382 g/mol. The first kappa shape index (κ1) is 16.7. The fourth-order valence-corrected chi connectivity index (χ4v) is 4.52. The second-order valence-electron chi connectivity index (χ2n) is 4.62. The predicted molar refractivity (Wildman–Crippen MR) is 86.4 cm³/mol. The van der Waals surface area contributed by atoms with Crippen molar-refractivity contribution in [1.29, 1.82) is 0 Å².